The number of hydrogen-bond acceptors (Lipinski definition) is 4. The van der Waals surface area contributed by atoms with Crippen LogP contribution in [0.25, 0.3) is 11.4 Å². The van der Waals surface area contributed by atoms with E-state index in [-0.39, 0.29) is 5.91 Å². The third kappa shape index (κ3) is 4.25. The molecule has 3 aromatic rings. The first kappa shape index (κ1) is 17.2. The Bertz CT molecular complexity index is 857. The number of carbonyl (C=O) groups is 1. The molecule has 1 amide bonds. The van der Waals surface area contributed by atoms with Crippen molar-refractivity contribution in [3.05, 3.63) is 65.0 Å². The molecule has 1 aromatic heterocycles. The minimum Gasteiger partial charge on any atom is -0.339 e. The lowest BCUT2D eigenvalue weighted by atomic mass is 10.2. The molecule has 0 spiro atoms. The van der Waals surface area contributed by atoms with Crippen LogP contribution in [0, 0.1) is 6.92 Å². The van der Waals surface area contributed by atoms with Crippen molar-refractivity contribution in [2.24, 2.45) is 0 Å². The highest BCUT2D eigenvalue weighted by atomic mass is 35.5. The normalized spacial score (nSPS) is 10.7. The fraction of sp³-hybridized carbons (Fsp3) is 0.211. The van der Waals surface area contributed by atoms with E-state index >= 15 is 0 Å². The molecule has 0 aliphatic carbocycles. The number of amides is 1. The molecule has 0 fully saturated rings. The smallest absolute Gasteiger partial charge is 0.227 e. The highest BCUT2D eigenvalue weighted by molar-refractivity contribution is 6.30. The summed E-state index contributed by atoms with van der Waals surface area (Å²) in [5, 5.41) is 4.60. The summed E-state index contributed by atoms with van der Waals surface area (Å²) in [4.78, 5) is 18.3. The maximum atomic E-state index is 12.3. The van der Waals surface area contributed by atoms with E-state index in [0.29, 0.717) is 29.6 Å². The van der Waals surface area contributed by atoms with Crippen molar-refractivity contribution < 1.29 is 9.32 Å². The Morgan fingerprint density at radius 2 is 1.80 bits per heavy atom. The van der Waals surface area contributed by atoms with Gasteiger partial charge in [-0.15, -0.1) is 0 Å². The molecule has 1 heterocycles. The molecule has 0 unspecified atom stereocenters. The van der Waals surface area contributed by atoms with Gasteiger partial charge >= 0.3 is 0 Å². The van der Waals surface area contributed by atoms with E-state index in [2.05, 4.69) is 10.1 Å². The van der Waals surface area contributed by atoms with Gasteiger partial charge in [0.25, 0.3) is 0 Å². The van der Waals surface area contributed by atoms with Crippen molar-refractivity contribution >= 4 is 23.2 Å². The number of hydrogen-bond donors (Lipinski definition) is 0. The molecular weight excluding hydrogens is 338 g/mol. The number of halogens is 1. The standard InChI is InChI=1S/C19H18ClN3O2/c1-13-3-9-16(10-4-13)23(2)18(24)12-11-17-21-19(22-25-17)14-5-7-15(20)8-6-14/h3-10H,11-12H2,1-2H3. The Kier molecular flexibility index (Phi) is 5.14. The Balaban J connectivity index is 1.60. The molecule has 3 rings (SSSR count). The Labute approximate surface area is 151 Å². The average Bonchev–Trinajstić information content (AvgIpc) is 3.09. The first-order valence-electron chi connectivity index (χ1n) is 7.94. The molecule has 0 aliphatic heterocycles. The third-order valence-electron chi connectivity index (χ3n) is 3.92. The lowest BCUT2D eigenvalue weighted by Crippen LogP contribution is -2.26. The Hall–Kier alpha value is -2.66. The van der Waals surface area contributed by atoms with E-state index in [1.165, 1.54) is 0 Å². The number of benzene rings is 2. The van der Waals surface area contributed by atoms with Gasteiger partial charge in [0.2, 0.25) is 17.6 Å². The van der Waals surface area contributed by atoms with Crippen LogP contribution in [0.2, 0.25) is 5.02 Å². The molecular formula is C19H18ClN3O2. The molecule has 0 saturated heterocycles. The van der Waals surface area contributed by atoms with E-state index in [1.54, 1.807) is 24.1 Å². The Morgan fingerprint density at radius 1 is 1.12 bits per heavy atom. The predicted molar refractivity (Wildman–Crippen MR) is 97.7 cm³/mol. The van der Waals surface area contributed by atoms with Gasteiger partial charge in [0.15, 0.2) is 0 Å². The summed E-state index contributed by atoms with van der Waals surface area (Å²) >= 11 is 5.87. The van der Waals surface area contributed by atoms with Gasteiger partial charge in [0.1, 0.15) is 0 Å². The molecule has 0 atom stereocenters. The lowest BCUT2D eigenvalue weighted by molar-refractivity contribution is -0.118. The Morgan fingerprint density at radius 3 is 2.48 bits per heavy atom. The second-order valence-electron chi connectivity index (χ2n) is 5.81. The molecule has 0 saturated carbocycles. The molecule has 25 heavy (non-hydrogen) atoms. The second-order valence-corrected chi connectivity index (χ2v) is 6.24. The van der Waals surface area contributed by atoms with Crippen molar-refractivity contribution in [2.75, 3.05) is 11.9 Å². The van der Waals surface area contributed by atoms with E-state index in [1.807, 2.05) is 43.3 Å². The van der Waals surface area contributed by atoms with E-state index in [9.17, 15) is 4.79 Å². The minimum absolute atomic E-state index is 0.00454. The molecule has 2 aromatic carbocycles. The molecule has 0 radical (unpaired) electrons. The van der Waals surface area contributed by atoms with Crippen LogP contribution in [0.15, 0.2) is 53.1 Å². The van der Waals surface area contributed by atoms with Crippen LogP contribution >= 0.6 is 11.6 Å². The van der Waals surface area contributed by atoms with Crippen molar-refractivity contribution in [1.29, 1.82) is 0 Å². The first-order chi connectivity index (χ1) is 12.0. The molecule has 0 aliphatic rings. The molecule has 128 valence electrons. The van der Waals surface area contributed by atoms with Gasteiger partial charge in [0, 0.05) is 36.2 Å². The number of aromatic nitrogens is 2. The topological polar surface area (TPSA) is 59.2 Å². The fourth-order valence-corrected chi connectivity index (χ4v) is 2.49. The summed E-state index contributed by atoms with van der Waals surface area (Å²) < 4.78 is 5.24. The number of aryl methyl sites for hydroxylation is 2. The predicted octanol–water partition coefficient (Wildman–Crippen LogP) is 4.29. The van der Waals surface area contributed by atoms with Crippen LogP contribution in [0.5, 0.6) is 0 Å². The van der Waals surface area contributed by atoms with Gasteiger partial charge in [-0.1, -0.05) is 34.5 Å². The maximum Gasteiger partial charge on any atom is 0.227 e. The minimum atomic E-state index is -0.00454. The van der Waals surface area contributed by atoms with Crippen LogP contribution in [-0.4, -0.2) is 23.1 Å². The largest absolute Gasteiger partial charge is 0.339 e. The van der Waals surface area contributed by atoms with Crippen LogP contribution in [0.3, 0.4) is 0 Å². The number of nitrogens with zero attached hydrogens (tertiary/aromatic N) is 3. The van der Waals surface area contributed by atoms with Crippen LogP contribution in [0.4, 0.5) is 5.69 Å². The van der Waals surface area contributed by atoms with E-state index < -0.39 is 0 Å². The van der Waals surface area contributed by atoms with Gasteiger partial charge in [-0.25, -0.2) is 0 Å². The van der Waals surface area contributed by atoms with Gasteiger partial charge in [-0.3, -0.25) is 4.79 Å². The third-order valence-corrected chi connectivity index (χ3v) is 4.17. The van der Waals surface area contributed by atoms with Crippen molar-refractivity contribution in [3.8, 4) is 11.4 Å². The van der Waals surface area contributed by atoms with Gasteiger partial charge < -0.3 is 9.42 Å². The SMILES string of the molecule is Cc1ccc(N(C)C(=O)CCc2nc(-c3ccc(Cl)cc3)no2)cc1. The molecule has 5 nitrogen and oxygen atoms in total. The van der Waals surface area contributed by atoms with Gasteiger partial charge in [-0.05, 0) is 43.3 Å². The summed E-state index contributed by atoms with van der Waals surface area (Å²) in [5.74, 6) is 0.928. The van der Waals surface area contributed by atoms with Crippen LogP contribution in [0.1, 0.15) is 17.9 Å². The molecule has 6 heteroatoms. The highest BCUT2D eigenvalue weighted by Crippen LogP contribution is 2.19. The fourth-order valence-electron chi connectivity index (χ4n) is 2.37. The van der Waals surface area contributed by atoms with Crippen molar-refractivity contribution in [1.82, 2.24) is 10.1 Å². The number of rotatable bonds is 5. The molecule has 0 N–H and O–H groups in total. The summed E-state index contributed by atoms with van der Waals surface area (Å²) in [6.07, 6.45) is 0.697. The summed E-state index contributed by atoms with van der Waals surface area (Å²) in [6, 6.07) is 15.0. The maximum absolute atomic E-state index is 12.3. The zero-order chi connectivity index (χ0) is 17.8. The molecule has 0 bridgehead atoms. The van der Waals surface area contributed by atoms with E-state index in [4.69, 9.17) is 16.1 Å². The van der Waals surface area contributed by atoms with Crippen LogP contribution in [-0.2, 0) is 11.2 Å². The summed E-state index contributed by atoms with van der Waals surface area (Å²) in [5.41, 5.74) is 2.84. The van der Waals surface area contributed by atoms with Gasteiger partial charge in [-0.2, -0.15) is 4.98 Å². The van der Waals surface area contributed by atoms with E-state index in [0.717, 1.165) is 16.8 Å². The second kappa shape index (κ2) is 7.49. The highest BCUT2D eigenvalue weighted by Gasteiger charge is 2.14. The number of anilines is 1. The zero-order valence-electron chi connectivity index (χ0n) is 14.1. The van der Waals surface area contributed by atoms with Crippen molar-refractivity contribution in [2.45, 2.75) is 19.8 Å². The van der Waals surface area contributed by atoms with Crippen LogP contribution < -0.4 is 4.90 Å². The first-order valence-corrected chi connectivity index (χ1v) is 8.32. The number of carbonyl (C=O) groups excluding carboxylic acids is 1. The summed E-state index contributed by atoms with van der Waals surface area (Å²) in [6.45, 7) is 2.01. The quantitative estimate of drug-likeness (QED) is 0.684. The van der Waals surface area contributed by atoms with Crippen molar-refractivity contribution in [3.63, 3.8) is 0 Å². The monoisotopic (exact) mass is 355 g/mol. The zero-order valence-corrected chi connectivity index (χ0v) is 14.8. The average molecular weight is 356 g/mol. The van der Waals surface area contributed by atoms with Gasteiger partial charge in [0.05, 0.1) is 0 Å². The summed E-state index contributed by atoms with van der Waals surface area (Å²) in [7, 11) is 1.76. The lowest BCUT2D eigenvalue weighted by Gasteiger charge is -2.17.